The summed E-state index contributed by atoms with van der Waals surface area (Å²) in [5.41, 5.74) is 9.10. The first kappa shape index (κ1) is 12.9. The van der Waals surface area contributed by atoms with Gasteiger partial charge in [0.05, 0.1) is 12.8 Å². The van der Waals surface area contributed by atoms with Crippen LogP contribution in [-0.2, 0) is 6.54 Å². The van der Waals surface area contributed by atoms with E-state index in [1.807, 2.05) is 12.1 Å². The van der Waals surface area contributed by atoms with Gasteiger partial charge in [0.2, 0.25) is 0 Å². The van der Waals surface area contributed by atoms with Crippen LogP contribution in [0.3, 0.4) is 0 Å². The van der Waals surface area contributed by atoms with E-state index in [0.717, 1.165) is 12.3 Å². The van der Waals surface area contributed by atoms with Gasteiger partial charge < -0.3 is 15.4 Å². The molecule has 3 heteroatoms. The molecule has 2 aromatic carbocycles. The first-order chi connectivity index (χ1) is 9.78. The first-order valence-electron chi connectivity index (χ1n) is 7.02. The Morgan fingerprint density at radius 2 is 1.90 bits per heavy atom. The molecule has 3 nitrogen and oxygen atoms in total. The third kappa shape index (κ3) is 2.72. The Morgan fingerprint density at radius 1 is 1.15 bits per heavy atom. The summed E-state index contributed by atoms with van der Waals surface area (Å²) in [6, 6.07) is 17.3. The Balaban J connectivity index is 1.87. The zero-order valence-corrected chi connectivity index (χ0v) is 11.8. The van der Waals surface area contributed by atoms with Gasteiger partial charge in [-0.3, -0.25) is 0 Å². The number of nitrogen functional groups attached to an aromatic ring is 1. The molecule has 20 heavy (non-hydrogen) atoms. The zero-order chi connectivity index (χ0) is 13.9. The van der Waals surface area contributed by atoms with Crippen LogP contribution in [0, 0.1) is 0 Å². The molecular formula is C17H20N2O. The van der Waals surface area contributed by atoms with Gasteiger partial charge in [-0.15, -0.1) is 0 Å². The van der Waals surface area contributed by atoms with Gasteiger partial charge in [-0.25, -0.2) is 0 Å². The minimum absolute atomic E-state index is 0.642. The molecule has 0 aliphatic heterocycles. The molecule has 0 atom stereocenters. The molecule has 104 valence electrons. The summed E-state index contributed by atoms with van der Waals surface area (Å²) >= 11 is 0. The van der Waals surface area contributed by atoms with Gasteiger partial charge in [0.25, 0.3) is 0 Å². The van der Waals surface area contributed by atoms with Crippen LogP contribution >= 0.6 is 0 Å². The molecule has 0 aromatic heterocycles. The summed E-state index contributed by atoms with van der Waals surface area (Å²) in [4.78, 5) is 2.44. The fourth-order valence-electron chi connectivity index (χ4n) is 2.48. The van der Waals surface area contributed by atoms with Gasteiger partial charge in [-0.1, -0.05) is 30.3 Å². The van der Waals surface area contributed by atoms with Crippen molar-refractivity contribution in [2.45, 2.75) is 25.4 Å². The molecule has 0 spiro atoms. The second kappa shape index (κ2) is 5.45. The lowest BCUT2D eigenvalue weighted by molar-refractivity contribution is 0.417. The number of hydrogen-bond acceptors (Lipinski definition) is 3. The van der Waals surface area contributed by atoms with Crippen molar-refractivity contribution in [2.75, 3.05) is 17.7 Å². The topological polar surface area (TPSA) is 38.5 Å². The molecule has 0 saturated heterocycles. The van der Waals surface area contributed by atoms with E-state index in [9.17, 15) is 0 Å². The van der Waals surface area contributed by atoms with Crippen molar-refractivity contribution in [1.29, 1.82) is 0 Å². The second-order valence-electron chi connectivity index (χ2n) is 5.27. The summed E-state index contributed by atoms with van der Waals surface area (Å²) in [7, 11) is 1.66. The van der Waals surface area contributed by atoms with Crippen molar-refractivity contribution < 1.29 is 4.74 Å². The number of rotatable bonds is 5. The van der Waals surface area contributed by atoms with E-state index in [1.165, 1.54) is 24.1 Å². The van der Waals surface area contributed by atoms with Gasteiger partial charge >= 0.3 is 0 Å². The number of benzene rings is 2. The molecule has 1 fully saturated rings. The standard InChI is InChI=1S/C17H20N2O/c1-20-17-11-15(9-10-16(17)18)19(14-7-8-14)12-13-5-3-2-4-6-13/h2-6,9-11,14H,7-8,12,18H2,1H3. The molecule has 0 radical (unpaired) electrons. The highest BCUT2D eigenvalue weighted by atomic mass is 16.5. The molecule has 1 saturated carbocycles. The summed E-state index contributed by atoms with van der Waals surface area (Å²) < 4.78 is 5.33. The molecule has 0 bridgehead atoms. The number of nitrogens with two attached hydrogens (primary N) is 1. The maximum absolute atomic E-state index is 5.90. The fraction of sp³-hybridized carbons (Fsp3) is 0.294. The Labute approximate surface area is 120 Å². The monoisotopic (exact) mass is 268 g/mol. The van der Waals surface area contributed by atoms with Gasteiger partial charge in [0.1, 0.15) is 5.75 Å². The molecule has 3 rings (SSSR count). The highest BCUT2D eigenvalue weighted by Crippen LogP contribution is 2.36. The van der Waals surface area contributed by atoms with Crippen LogP contribution in [0.25, 0.3) is 0 Å². The quantitative estimate of drug-likeness (QED) is 0.844. The molecule has 0 unspecified atom stereocenters. The maximum Gasteiger partial charge on any atom is 0.143 e. The highest BCUT2D eigenvalue weighted by Gasteiger charge is 2.29. The van der Waals surface area contributed by atoms with E-state index >= 15 is 0 Å². The molecule has 0 amide bonds. The van der Waals surface area contributed by atoms with E-state index in [-0.39, 0.29) is 0 Å². The lowest BCUT2D eigenvalue weighted by Crippen LogP contribution is -2.25. The van der Waals surface area contributed by atoms with Crippen molar-refractivity contribution in [2.24, 2.45) is 0 Å². The second-order valence-corrected chi connectivity index (χ2v) is 5.27. The first-order valence-corrected chi connectivity index (χ1v) is 7.02. The third-order valence-electron chi connectivity index (χ3n) is 3.73. The average Bonchev–Trinajstić information content (AvgIpc) is 3.31. The van der Waals surface area contributed by atoms with Crippen LogP contribution in [0.5, 0.6) is 5.75 Å². The number of hydrogen-bond donors (Lipinski definition) is 1. The largest absolute Gasteiger partial charge is 0.495 e. The summed E-state index contributed by atoms with van der Waals surface area (Å²) in [5.74, 6) is 0.751. The Morgan fingerprint density at radius 3 is 2.55 bits per heavy atom. The lowest BCUT2D eigenvalue weighted by atomic mass is 10.2. The van der Waals surface area contributed by atoms with Crippen LogP contribution in [0.2, 0.25) is 0 Å². The van der Waals surface area contributed by atoms with Crippen LogP contribution in [0.15, 0.2) is 48.5 Å². The summed E-state index contributed by atoms with van der Waals surface area (Å²) in [6.45, 7) is 0.929. The average molecular weight is 268 g/mol. The minimum Gasteiger partial charge on any atom is -0.495 e. The zero-order valence-electron chi connectivity index (χ0n) is 11.8. The molecule has 2 aromatic rings. The van der Waals surface area contributed by atoms with Gasteiger partial charge in [-0.05, 0) is 30.5 Å². The fourth-order valence-corrected chi connectivity index (χ4v) is 2.48. The number of anilines is 2. The minimum atomic E-state index is 0.642. The molecule has 1 aliphatic carbocycles. The molecular weight excluding hydrogens is 248 g/mol. The third-order valence-corrected chi connectivity index (χ3v) is 3.73. The van der Waals surface area contributed by atoms with Crippen molar-refractivity contribution in [1.82, 2.24) is 0 Å². The number of ether oxygens (including phenoxy) is 1. The SMILES string of the molecule is COc1cc(N(Cc2ccccc2)C2CC2)ccc1N. The Bertz CT molecular complexity index is 579. The van der Waals surface area contributed by atoms with Crippen LogP contribution in [0.1, 0.15) is 18.4 Å². The molecule has 2 N–H and O–H groups in total. The van der Waals surface area contributed by atoms with Gasteiger partial charge in [-0.2, -0.15) is 0 Å². The predicted octanol–water partition coefficient (Wildman–Crippen LogP) is 3.45. The van der Waals surface area contributed by atoms with Gasteiger partial charge in [0, 0.05) is 24.3 Å². The van der Waals surface area contributed by atoms with E-state index in [2.05, 4.69) is 41.3 Å². The molecule has 1 aliphatic rings. The smallest absolute Gasteiger partial charge is 0.143 e. The van der Waals surface area contributed by atoms with E-state index in [0.29, 0.717) is 11.7 Å². The molecule has 0 heterocycles. The van der Waals surface area contributed by atoms with E-state index < -0.39 is 0 Å². The highest BCUT2D eigenvalue weighted by molar-refractivity contribution is 5.63. The summed E-state index contributed by atoms with van der Waals surface area (Å²) in [6.07, 6.45) is 2.53. The van der Waals surface area contributed by atoms with Crippen molar-refractivity contribution in [3.8, 4) is 5.75 Å². The lowest BCUT2D eigenvalue weighted by Gasteiger charge is -2.25. The van der Waals surface area contributed by atoms with E-state index in [4.69, 9.17) is 10.5 Å². The van der Waals surface area contributed by atoms with Crippen LogP contribution < -0.4 is 15.4 Å². The normalized spacial score (nSPS) is 14.1. The van der Waals surface area contributed by atoms with Crippen molar-refractivity contribution in [3.05, 3.63) is 54.1 Å². The summed E-state index contributed by atoms with van der Waals surface area (Å²) in [5, 5.41) is 0. The van der Waals surface area contributed by atoms with E-state index in [1.54, 1.807) is 7.11 Å². The maximum atomic E-state index is 5.90. The number of methoxy groups -OCH3 is 1. The van der Waals surface area contributed by atoms with Gasteiger partial charge in [0.15, 0.2) is 0 Å². The Hall–Kier alpha value is -2.16. The predicted molar refractivity (Wildman–Crippen MR) is 83.1 cm³/mol. The number of nitrogens with zero attached hydrogens (tertiary/aromatic N) is 1. The van der Waals surface area contributed by atoms with Crippen molar-refractivity contribution >= 4 is 11.4 Å². The van der Waals surface area contributed by atoms with Crippen LogP contribution in [0.4, 0.5) is 11.4 Å². The van der Waals surface area contributed by atoms with Crippen molar-refractivity contribution in [3.63, 3.8) is 0 Å². The van der Waals surface area contributed by atoms with Crippen LogP contribution in [-0.4, -0.2) is 13.2 Å². The Kier molecular flexibility index (Phi) is 3.50.